The van der Waals surface area contributed by atoms with Crippen LogP contribution in [-0.2, 0) is 9.53 Å². The van der Waals surface area contributed by atoms with Crippen LogP contribution < -0.4 is 5.32 Å². The van der Waals surface area contributed by atoms with Gasteiger partial charge in [0.05, 0.1) is 6.61 Å². The summed E-state index contributed by atoms with van der Waals surface area (Å²) in [7, 11) is 0. The number of nitrogens with one attached hydrogen (secondary N) is 1. The molecule has 0 aliphatic rings. The number of hydrogen-bond acceptors (Lipinski definition) is 3. The summed E-state index contributed by atoms with van der Waals surface area (Å²) in [5.74, 6) is 0.483. The number of hydrogen-bond donors (Lipinski definition) is 1. The Labute approximate surface area is 87.2 Å². The lowest BCUT2D eigenvalue weighted by Gasteiger charge is -2.17. The lowest BCUT2D eigenvalue weighted by Crippen LogP contribution is -2.39. The molecule has 2 unspecified atom stereocenters. The molecule has 0 aromatic rings. The Balaban J connectivity index is 3.84. The zero-order valence-electron chi connectivity index (χ0n) is 9.80. The van der Waals surface area contributed by atoms with Gasteiger partial charge in [-0.05, 0) is 25.8 Å². The minimum Gasteiger partial charge on any atom is -0.465 e. The monoisotopic (exact) mass is 201 g/mol. The highest BCUT2D eigenvalue weighted by Gasteiger charge is 2.16. The van der Waals surface area contributed by atoms with Gasteiger partial charge in [0, 0.05) is 0 Å². The van der Waals surface area contributed by atoms with Crippen LogP contribution in [0, 0.1) is 5.92 Å². The summed E-state index contributed by atoms with van der Waals surface area (Å²) in [6, 6.07) is -0.135. The summed E-state index contributed by atoms with van der Waals surface area (Å²) in [6.45, 7) is 9.49. The number of carbonyl (C=O) groups excluding carboxylic acids is 1. The summed E-state index contributed by atoms with van der Waals surface area (Å²) >= 11 is 0. The molecule has 0 saturated heterocycles. The molecule has 0 aliphatic carbocycles. The van der Waals surface area contributed by atoms with Gasteiger partial charge in [-0.2, -0.15) is 0 Å². The quantitative estimate of drug-likeness (QED) is 0.640. The van der Waals surface area contributed by atoms with Crippen molar-refractivity contribution in [3.05, 3.63) is 0 Å². The van der Waals surface area contributed by atoms with Crippen LogP contribution in [0.2, 0.25) is 0 Å². The standard InChI is InChI=1S/C11H23NO2/c1-5-9(4)8-12-10(6-2)11(13)14-7-3/h9-10,12H,5-8H2,1-4H3. The van der Waals surface area contributed by atoms with Gasteiger partial charge in [-0.3, -0.25) is 4.79 Å². The van der Waals surface area contributed by atoms with Crippen molar-refractivity contribution in [1.82, 2.24) is 5.32 Å². The zero-order chi connectivity index (χ0) is 11.0. The van der Waals surface area contributed by atoms with Crippen molar-refractivity contribution >= 4 is 5.97 Å². The predicted molar refractivity (Wildman–Crippen MR) is 58.2 cm³/mol. The maximum atomic E-state index is 11.4. The normalized spacial score (nSPS) is 14.9. The second-order valence-corrected chi connectivity index (χ2v) is 3.63. The maximum absolute atomic E-state index is 11.4. The Morgan fingerprint density at radius 3 is 2.36 bits per heavy atom. The maximum Gasteiger partial charge on any atom is 0.323 e. The van der Waals surface area contributed by atoms with Gasteiger partial charge in [0.2, 0.25) is 0 Å². The van der Waals surface area contributed by atoms with Crippen LogP contribution in [0.3, 0.4) is 0 Å². The van der Waals surface area contributed by atoms with E-state index in [4.69, 9.17) is 4.74 Å². The summed E-state index contributed by atoms with van der Waals surface area (Å²) in [4.78, 5) is 11.4. The minimum absolute atomic E-state index is 0.127. The zero-order valence-corrected chi connectivity index (χ0v) is 9.80. The SMILES string of the molecule is CCOC(=O)C(CC)NCC(C)CC. The molecule has 14 heavy (non-hydrogen) atoms. The van der Waals surface area contributed by atoms with Crippen LogP contribution >= 0.6 is 0 Å². The molecule has 0 radical (unpaired) electrons. The molecule has 0 aromatic carbocycles. The lowest BCUT2D eigenvalue weighted by molar-refractivity contribution is -0.145. The van der Waals surface area contributed by atoms with Gasteiger partial charge in [0.1, 0.15) is 6.04 Å². The van der Waals surface area contributed by atoms with E-state index in [1.54, 1.807) is 0 Å². The Kier molecular flexibility index (Phi) is 7.48. The molecule has 0 fully saturated rings. The third-order valence-corrected chi connectivity index (χ3v) is 2.39. The first-order valence-electron chi connectivity index (χ1n) is 5.55. The first-order valence-corrected chi connectivity index (χ1v) is 5.55. The summed E-state index contributed by atoms with van der Waals surface area (Å²) in [6.07, 6.45) is 1.92. The molecule has 0 saturated carbocycles. The summed E-state index contributed by atoms with van der Waals surface area (Å²) in [5.41, 5.74) is 0. The third kappa shape index (κ3) is 5.22. The number of carbonyl (C=O) groups is 1. The first-order chi connectivity index (χ1) is 6.65. The van der Waals surface area contributed by atoms with E-state index >= 15 is 0 Å². The molecule has 0 aliphatic heterocycles. The molecule has 0 amide bonds. The van der Waals surface area contributed by atoms with Crippen LogP contribution in [0.5, 0.6) is 0 Å². The van der Waals surface area contributed by atoms with Crippen molar-refractivity contribution in [2.75, 3.05) is 13.2 Å². The van der Waals surface area contributed by atoms with E-state index in [-0.39, 0.29) is 12.0 Å². The largest absolute Gasteiger partial charge is 0.465 e. The number of ether oxygens (including phenoxy) is 1. The topological polar surface area (TPSA) is 38.3 Å². The third-order valence-electron chi connectivity index (χ3n) is 2.39. The smallest absolute Gasteiger partial charge is 0.323 e. The van der Waals surface area contributed by atoms with Crippen molar-refractivity contribution in [1.29, 1.82) is 0 Å². The van der Waals surface area contributed by atoms with Gasteiger partial charge in [-0.15, -0.1) is 0 Å². The second-order valence-electron chi connectivity index (χ2n) is 3.63. The van der Waals surface area contributed by atoms with Crippen molar-refractivity contribution in [3.63, 3.8) is 0 Å². The van der Waals surface area contributed by atoms with Gasteiger partial charge in [0.25, 0.3) is 0 Å². The molecular formula is C11H23NO2. The molecule has 1 N–H and O–H groups in total. The molecule has 84 valence electrons. The van der Waals surface area contributed by atoms with Crippen LogP contribution in [0.15, 0.2) is 0 Å². The molecule has 3 heteroatoms. The van der Waals surface area contributed by atoms with Crippen molar-refractivity contribution in [2.24, 2.45) is 5.92 Å². The summed E-state index contributed by atoms with van der Waals surface area (Å²) in [5, 5.41) is 3.23. The van der Waals surface area contributed by atoms with Crippen molar-refractivity contribution in [2.45, 2.75) is 46.6 Å². The average molecular weight is 201 g/mol. The first kappa shape index (κ1) is 13.4. The summed E-state index contributed by atoms with van der Waals surface area (Å²) < 4.78 is 4.96. The fraction of sp³-hybridized carbons (Fsp3) is 0.909. The van der Waals surface area contributed by atoms with Crippen LogP contribution in [0.25, 0.3) is 0 Å². The molecule has 3 nitrogen and oxygen atoms in total. The number of rotatable bonds is 7. The Hall–Kier alpha value is -0.570. The Morgan fingerprint density at radius 2 is 1.93 bits per heavy atom. The fourth-order valence-electron chi connectivity index (χ4n) is 1.12. The van der Waals surface area contributed by atoms with E-state index < -0.39 is 0 Å². The highest BCUT2D eigenvalue weighted by Crippen LogP contribution is 2.01. The van der Waals surface area contributed by atoms with E-state index in [1.807, 2.05) is 13.8 Å². The van der Waals surface area contributed by atoms with E-state index in [2.05, 4.69) is 19.2 Å². The van der Waals surface area contributed by atoms with E-state index in [1.165, 1.54) is 0 Å². The van der Waals surface area contributed by atoms with Crippen molar-refractivity contribution in [3.8, 4) is 0 Å². The molecular weight excluding hydrogens is 178 g/mol. The highest BCUT2D eigenvalue weighted by molar-refractivity contribution is 5.75. The average Bonchev–Trinajstić information content (AvgIpc) is 2.18. The van der Waals surface area contributed by atoms with Gasteiger partial charge >= 0.3 is 5.97 Å². The van der Waals surface area contributed by atoms with Crippen LogP contribution in [0.4, 0.5) is 0 Å². The molecule has 0 aromatic heterocycles. The van der Waals surface area contributed by atoms with E-state index in [9.17, 15) is 4.79 Å². The molecule has 0 spiro atoms. The van der Waals surface area contributed by atoms with Crippen LogP contribution in [0.1, 0.15) is 40.5 Å². The van der Waals surface area contributed by atoms with Gasteiger partial charge < -0.3 is 10.1 Å². The molecule has 0 bridgehead atoms. The molecule has 2 atom stereocenters. The molecule has 0 heterocycles. The lowest BCUT2D eigenvalue weighted by atomic mass is 10.1. The Bertz CT molecular complexity index is 159. The fourth-order valence-corrected chi connectivity index (χ4v) is 1.12. The van der Waals surface area contributed by atoms with Crippen LogP contribution in [-0.4, -0.2) is 25.2 Å². The van der Waals surface area contributed by atoms with Gasteiger partial charge in [0.15, 0.2) is 0 Å². The highest BCUT2D eigenvalue weighted by atomic mass is 16.5. The van der Waals surface area contributed by atoms with Crippen molar-refractivity contribution < 1.29 is 9.53 Å². The Morgan fingerprint density at radius 1 is 1.29 bits per heavy atom. The predicted octanol–water partition coefficient (Wildman–Crippen LogP) is 1.96. The van der Waals surface area contributed by atoms with E-state index in [0.717, 1.165) is 19.4 Å². The number of esters is 1. The minimum atomic E-state index is -0.135. The van der Waals surface area contributed by atoms with E-state index in [0.29, 0.717) is 12.5 Å². The molecule has 0 rings (SSSR count). The second kappa shape index (κ2) is 7.80. The van der Waals surface area contributed by atoms with Gasteiger partial charge in [-0.1, -0.05) is 27.2 Å². The van der Waals surface area contributed by atoms with Gasteiger partial charge in [-0.25, -0.2) is 0 Å².